The van der Waals surface area contributed by atoms with Crippen LogP contribution >= 0.6 is 0 Å². The fourth-order valence-corrected chi connectivity index (χ4v) is 2.99. The number of hydrogen-bond donors (Lipinski definition) is 0. The number of halogens is 1. The Morgan fingerprint density at radius 3 is 1.90 bits per heavy atom. The standard InChI is InChI=1S/C25H25FN2O3/c1-27(2)22-12-4-18(5-13-22)16-28(3)24(29)17-31-23-14-8-20(9-15-23)25(30)19-6-10-21(26)11-7-19/h4-15H,16-17H2,1-3H3. The molecule has 0 atom stereocenters. The number of carbonyl (C=O) groups excluding carboxylic acids is 2. The molecule has 0 aliphatic carbocycles. The minimum atomic E-state index is -0.388. The van der Waals surface area contributed by atoms with Crippen molar-refractivity contribution in [3.63, 3.8) is 0 Å². The highest BCUT2D eigenvalue weighted by molar-refractivity contribution is 6.09. The van der Waals surface area contributed by atoms with E-state index >= 15 is 0 Å². The Morgan fingerprint density at radius 1 is 0.806 bits per heavy atom. The molecule has 0 unspecified atom stereocenters. The molecule has 0 aliphatic rings. The van der Waals surface area contributed by atoms with Gasteiger partial charge in [-0.25, -0.2) is 4.39 Å². The van der Waals surface area contributed by atoms with E-state index in [-0.39, 0.29) is 24.1 Å². The van der Waals surface area contributed by atoms with Crippen LogP contribution in [0.2, 0.25) is 0 Å². The number of carbonyl (C=O) groups is 2. The average molecular weight is 420 g/mol. The third-order valence-corrected chi connectivity index (χ3v) is 4.88. The number of ketones is 1. The molecule has 0 radical (unpaired) electrons. The molecule has 1 amide bonds. The highest BCUT2D eigenvalue weighted by Gasteiger charge is 2.12. The number of amides is 1. The molecule has 31 heavy (non-hydrogen) atoms. The van der Waals surface area contributed by atoms with E-state index in [4.69, 9.17) is 4.74 Å². The second kappa shape index (κ2) is 9.89. The molecule has 3 rings (SSSR count). The summed E-state index contributed by atoms with van der Waals surface area (Å²) in [6, 6.07) is 20.0. The van der Waals surface area contributed by atoms with Crippen molar-refractivity contribution < 1.29 is 18.7 Å². The molecule has 0 fully saturated rings. The summed E-state index contributed by atoms with van der Waals surface area (Å²) in [5.41, 5.74) is 3.00. The van der Waals surface area contributed by atoms with E-state index in [2.05, 4.69) is 0 Å². The molecule has 3 aromatic carbocycles. The first-order valence-corrected chi connectivity index (χ1v) is 9.87. The van der Waals surface area contributed by atoms with Crippen LogP contribution in [0.5, 0.6) is 5.75 Å². The summed E-state index contributed by atoms with van der Waals surface area (Å²) < 4.78 is 18.6. The molecule has 0 saturated heterocycles. The van der Waals surface area contributed by atoms with Gasteiger partial charge in [-0.1, -0.05) is 12.1 Å². The minimum Gasteiger partial charge on any atom is -0.484 e. The van der Waals surface area contributed by atoms with Crippen molar-refractivity contribution in [3.05, 3.63) is 95.3 Å². The Hall–Kier alpha value is -3.67. The van der Waals surface area contributed by atoms with Crippen molar-refractivity contribution in [2.24, 2.45) is 0 Å². The third-order valence-electron chi connectivity index (χ3n) is 4.88. The molecule has 0 bridgehead atoms. The Bertz CT molecular complexity index is 1030. The molecule has 0 N–H and O–H groups in total. The first-order chi connectivity index (χ1) is 14.8. The molecule has 160 valence electrons. The fraction of sp³-hybridized carbons (Fsp3) is 0.200. The second-order valence-corrected chi connectivity index (χ2v) is 7.46. The zero-order chi connectivity index (χ0) is 22.4. The Labute approximate surface area is 181 Å². The SMILES string of the molecule is CN(Cc1ccc(N(C)C)cc1)C(=O)COc1ccc(C(=O)c2ccc(F)cc2)cc1. The Kier molecular flexibility index (Phi) is 7.03. The first kappa shape index (κ1) is 22.0. The van der Waals surface area contributed by atoms with E-state index in [9.17, 15) is 14.0 Å². The summed E-state index contributed by atoms with van der Waals surface area (Å²) in [7, 11) is 5.69. The van der Waals surface area contributed by atoms with Gasteiger partial charge in [-0.15, -0.1) is 0 Å². The van der Waals surface area contributed by atoms with Crippen LogP contribution in [0.15, 0.2) is 72.8 Å². The van der Waals surface area contributed by atoms with Crippen molar-refractivity contribution in [2.75, 3.05) is 32.6 Å². The van der Waals surface area contributed by atoms with Gasteiger partial charge < -0.3 is 14.5 Å². The van der Waals surface area contributed by atoms with Crippen molar-refractivity contribution in [1.29, 1.82) is 0 Å². The van der Waals surface area contributed by atoms with Gasteiger partial charge in [0.15, 0.2) is 12.4 Å². The summed E-state index contributed by atoms with van der Waals surface area (Å²) in [6.45, 7) is 0.387. The summed E-state index contributed by atoms with van der Waals surface area (Å²) >= 11 is 0. The van der Waals surface area contributed by atoms with Crippen LogP contribution < -0.4 is 9.64 Å². The maximum atomic E-state index is 13.0. The van der Waals surface area contributed by atoms with Crippen LogP contribution in [-0.2, 0) is 11.3 Å². The highest BCUT2D eigenvalue weighted by Crippen LogP contribution is 2.17. The molecule has 0 aliphatic heterocycles. The van der Waals surface area contributed by atoms with E-state index < -0.39 is 0 Å². The van der Waals surface area contributed by atoms with E-state index in [0.29, 0.717) is 23.4 Å². The van der Waals surface area contributed by atoms with Crippen LogP contribution in [0, 0.1) is 5.82 Å². The van der Waals surface area contributed by atoms with Gasteiger partial charge in [0.2, 0.25) is 0 Å². The summed E-state index contributed by atoms with van der Waals surface area (Å²) in [5.74, 6) is -0.251. The Morgan fingerprint density at radius 2 is 1.35 bits per heavy atom. The van der Waals surface area contributed by atoms with Crippen molar-refractivity contribution in [3.8, 4) is 5.75 Å². The van der Waals surface area contributed by atoms with Crippen LogP contribution in [0.1, 0.15) is 21.5 Å². The quantitative estimate of drug-likeness (QED) is 0.514. The number of likely N-dealkylation sites (N-methyl/N-ethyl adjacent to an activating group) is 1. The topological polar surface area (TPSA) is 49.9 Å². The van der Waals surface area contributed by atoms with Crippen molar-refractivity contribution in [1.82, 2.24) is 4.90 Å². The van der Waals surface area contributed by atoms with Crippen LogP contribution in [0.3, 0.4) is 0 Å². The van der Waals surface area contributed by atoms with Crippen LogP contribution in [0.25, 0.3) is 0 Å². The molecule has 0 spiro atoms. The monoisotopic (exact) mass is 420 g/mol. The summed E-state index contributed by atoms with van der Waals surface area (Å²) in [5, 5.41) is 0. The maximum absolute atomic E-state index is 13.0. The normalized spacial score (nSPS) is 10.5. The van der Waals surface area contributed by atoms with Gasteiger partial charge in [0.05, 0.1) is 0 Å². The van der Waals surface area contributed by atoms with Gasteiger partial charge in [0, 0.05) is 44.5 Å². The van der Waals surface area contributed by atoms with Crippen LogP contribution in [0.4, 0.5) is 10.1 Å². The van der Waals surface area contributed by atoms with Gasteiger partial charge in [-0.05, 0) is 66.2 Å². The van der Waals surface area contributed by atoms with E-state index in [1.165, 1.54) is 24.3 Å². The van der Waals surface area contributed by atoms with Gasteiger partial charge in [0.25, 0.3) is 5.91 Å². The zero-order valence-electron chi connectivity index (χ0n) is 17.8. The van der Waals surface area contributed by atoms with Gasteiger partial charge >= 0.3 is 0 Å². The average Bonchev–Trinajstić information content (AvgIpc) is 2.78. The van der Waals surface area contributed by atoms with Gasteiger partial charge in [-0.2, -0.15) is 0 Å². The lowest BCUT2D eigenvalue weighted by molar-refractivity contribution is -0.132. The summed E-state index contributed by atoms with van der Waals surface area (Å²) in [6.07, 6.45) is 0. The molecule has 0 heterocycles. The molecule has 5 nitrogen and oxygen atoms in total. The minimum absolute atomic E-state index is 0.0997. The van der Waals surface area contributed by atoms with Gasteiger partial charge in [0.1, 0.15) is 11.6 Å². The molecule has 0 saturated carbocycles. The van der Waals surface area contributed by atoms with Crippen LogP contribution in [-0.4, -0.2) is 44.3 Å². The molecule has 3 aromatic rings. The molecular formula is C25H25FN2O3. The predicted molar refractivity (Wildman–Crippen MR) is 119 cm³/mol. The molecule has 0 aromatic heterocycles. The lowest BCUT2D eigenvalue weighted by Gasteiger charge is -2.18. The fourth-order valence-electron chi connectivity index (χ4n) is 2.99. The second-order valence-electron chi connectivity index (χ2n) is 7.46. The van der Waals surface area contributed by atoms with E-state index in [0.717, 1.165) is 11.3 Å². The lowest BCUT2D eigenvalue weighted by atomic mass is 10.0. The number of hydrogen-bond acceptors (Lipinski definition) is 4. The molecule has 6 heteroatoms. The largest absolute Gasteiger partial charge is 0.484 e. The first-order valence-electron chi connectivity index (χ1n) is 9.87. The summed E-state index contributed by atoms with van der Waals surface area (Å²) in [4.78, 5) is 28.4. The lowest BCUT2D eigenvalue weighted by Crippen LogP contribution is -2.30. The number of benzene rings is 3. The number of ether oxygens (including phenoxy) is 1. The zero-order valence-corrected chi connectivity index (χ0v) is 17.8. The number of anilines is 1. The highest BCUT2D eigenvalue weighted by atomic mass is 19.1. The third kappa shape index (κ3) is 5.92. The van der Waals surface area contributed by atoms with Gasteiger partial charge in [-0.3, -0.25) is 9.59 Å². The predicted octanol–water partition coefficient (Wildman–Crippen LogP) is 4.16. The number of rotatable bonds is 8. The molecular weight excluding hydrogens is 395 g/mol. The van der Waals surface area contributed by atoms with E-state index in [1.54, 1.807) is 36.2 Å². The van der Waals surface area contributed by atoms with E-state index in [1.807, 2.05) is 43.3 Å². The van der Waals surface area contributed by atoms with Crippen molar-refractivity contribution in [2.45, 2.75) is 6.54 Å². The van der Waals surface area contributed by atoms with Crippen molar-refractivity contribution >= 4 is 17.4 Å². The number of nitrogens with zero attached hydrogens (tertiary/aromatic N) is 2. The maximum Gasteiger partial charge on any atom is 0.260 e. The Balaban J connectivity index is 1.52. The smallest absolute Gasteiger partial charge is 0.260 e.